The number of benzene rings is 1. The molecule has 0 saturated heterocycles. The van der Waals surface area contributed by atoms with Gasteiger partial charge < -0.3 is 10.1 Å². The van der Waals surface area contributed by atoms with Gasteiger partial charge in [0.25, 0.3) is 0 Å². The quantitative estimate of drug-likeness (QED) is 0.920. The number of halogens is 1. The van der Waals surface area contributed by atoms with Gasteiger partial charge in [-0.3, -0.25) is 4.79 Å². The summed E-state index contributed by atoms with van der Waals surface area (Å²) in [6.45, 7) is 0.337. The van der Waals surface area contributed by atoms with E-state index in [2.05, 4.69) is 26.2 Å². The molecule has 19 heavy (non-hydrogen) atoms. The SMILES string of the molecule is O=C(CCOc1ccccc1)Nc1cc(Br)ccn1. The molecule has 0 aliphatic carbocycles. The summed E-state index contributed by atoms with van der Waals surface area (Å²) in [6, 6.07) is 13.0. The minimum atomic E-state index is -0.124. The highest BCUT2D eigenvalue weighted by molar-refractivity contribution is 9.10. The van der Waals surface area contributed by atoms with Gasteiger partial charge in [0.05, 0.1) is 13.0 Å². The van der Waals surface area contributed by atoms with Crippen molar-refractivity contribution in [3.05, 3.63) is 53.1 Å². The van der Waals surface area contributed by atoms with Gasteiger partial charge in [-0.1, -0.05) is 34.1 Å². The van der Waals surface area contributed by atoms with E-state index in [0.29, 0.717) is 12.4 Å². The molecule has 0 unspecified atom stereocenters. The van der Waals surface area contributed by atoms with Crippen LogP contribution in [0.2, 0.25) is 0 Å². The molecule has 5 heteroatoms. The Hall–Kier alpha value is -1.88. The number of amides is 1. The van der Waals surface area contributed by atoms with E-state index in [-0.39, 0.29) is 12.3 Å². The molecule has 0 bridgehead atoms. The zero-order valence-electron chi connectivity index (χ0n) is 10.2. The van der Waals surface area contributed by atoms with Crippen LogP contribution in [0.15, 0.2) is 53.1 Å². The number of carbonyl (C=O) groups excluding carboxylic acids is 1. The smallest absolute Gasteiger partial charge is 0.228 e. The third-order valence-electron chi connectivity index (χ3n) is 2.33. The maximum Gasteiger partial charge on any atom is 0.228 e. The molecule has 0 saturated carbocycles. The first-order valence-electron chi connectivity index (χ1n) is 5.83. The number of ether oxygens (including phenoxy) is 1. The van der Waals surface area contributed by atoms with Crippen LogP contribution in [-0.2, 0) is 4.79 Å². The Morgan fingerprint density at radius 1 is 1.26 bits per heavy atom. The number of rotatable bonds is 5. The highest BCUT2D eigenvalue weighted by atomic mass is 79.9. The van der Waals surface area contributed by atoms with Crippen LogP contribution in [0.1, 0.15) is 6.42 Å². The van der Waals surface area contributed by atoms with Crippen LogP contribution in [0.3, 0.4) is 0 Å². The molecule has 0 aliphatic heterocycles. The summed E-state index contributed by atoms with van der Waals surface area (Å²) in [7, 11) is 0. The Balaban J connectivity index is 1.76. The van der Waals surface area contributed by atoms with Gasteiger partial charge >= 0.3 is 0 Å². The number of nitrogens with zero attached hydrogens (tertiary/aromatic N) is 1. The van der Waals surface area contributed by atoms with Crippen molar-refractivity contribution in [2.24, 2.45) is 0 Å². The number of hydrogen-bond acceptors (Lipinski definition) is 3. The molecular weight excluding hydrogens is 308 g/mol. The second-order valence-electron chi connectivity index (χ2n) is 3.82. The largest absolute Gasteiger partial charge is 0.493 e. The molecule has 1 amide bonds. The van der Waals surface area contributed by atoms with E-state index in [1.165, 1.54) is 0 Å². The average Bonchev–Trinajstić information content (AvgIpc) is 2.40. The van der Waals surface area contributed by atoms with Gasteiger partial charge in [0.15, 0.2) is 0 Å². The summed E-state index contributed by atoms with van der Waals surface area (Å²) >= 11 is 3.32. The summed E-state index contributed by atoms with van der Waals surface area (Å²) in [5.74, 6) is 1.16. The highest BCUT2D eigenvalue weighted by Gasteiger charge is 2.04. The summed E-state index contributed by atoms with van der Waals surface area (Å²) in [6.07, 6.45) is 1.91. The number of carbonyl (C=O) groups is 1. The standard InChI is InChI=1S/C14H13BrN2O2/c15-11-6-8-16-13(10-11)17-14(18)7-9-19-12-4-2-1-3-5-12/h1-6,8,10H,7,9H2,(H,16,17,18). The topological polar surface area (TPSA) is 51.2 Å². The van der Waals surface area contributed by atoms with Crippen molar-refractivity contribution in [1.29, 1.82) is 0 Å². The van der Waals surface area contributed by atoms with Crippen LogP contribution in [0, 0.1) is 0 Å². The van der Waals surface area contributed by atoms with Gasteiger partial charge in [-0.25, -0.2) is 4.98 Å². The second kappa shape index (κ2) is 6.89. The van der Waals surface area contributed by atoms with Crippen molar-refractivity contribution in [3.63, 3.8) is 0 Å². The number of nitrogens with one attached hydrogen (secondary N) is 1. The first-order chi connectivity index (χ1) is 9.24. The van der Waals surface area contributed by atoms with Crippen LogP contribution in [0.4, 0.5) is 5.82 Å². The van der Waals surface area contributed by atoms with Crippen molar-refractivity contribution < 1.29 is 9.53 Å². The number of para-hydroxylation sites is 1. The molecule has 2 rings (SSSR count). The Morgan fingerprint density at radius 3 is 2.79 bits per heavy atom. The van der Waals surface area contributed by atoms with Crippen molar-refractivity contribution in [1.82, 2.24) is 4.98 Å². The van der Waals surface area contributed by atoms with Crippen molar-refractivity contribution in [2.45, 2.75) is 6.42 Å². The minimum Gasteiger partial charge on any atom is -0.493 e. The zero-order chi connectivity index (χ0) is 13.5. The highest BCUT2D eigenvalue weighted by Crippen LogP contribution is 2.13. The van der Waals surface area contributed by atoms with E-state index in [9.17, 15) is 4.79 Å². The van der Waals surface area contributed by atoms with Crippen molar-refractivity contribution in [3.8, 4) is 5.75 Å². The Kier molecular flexibility index (Phi) is 4.92. The number of anilines is 1. The molecule has 0 fully saturated rings. The third-order valence-corrected chi connectivity index (χ3v) is 2.82. The predicted octanol–water partition coefficient (Wildman–Crippen LogP) is 3.25. The van der Waals surface area contributed by atoms with E-state index >= 15 is 0 Å². The van der Waals surface area contributed by atoms with Gasteiger partial charge in [-0.15, -0.1) is 0 Å². The Morgan fingerprint density at radius 2 is 2.05 bits per heavy atom. The molecule has 2 aromatic rings. The lowest BCUT2D eigenvalue weighted by molar-refractivity contribution is -0.116. The lowest BCUT2D eigenvalue weighted by atomic mass is 10.3. The fourth-order valence-corrected chi connectivity index (χ4v) is 1.79. The molecule has 4 nitrogen and oxygen atoms in total. The third kappa shape index (κ3) is 4.71. The summed E-state index contributed by atoms with van der Waals surface area (Å²) < 4.78 is 6.32. The second-order valence-corrected chi connectivity index (χ2v) is 4.73. The summed E-state index contributed by atoms with van der Waals surface area (Å²) in [5, 5.41) is 2.71. The molecular formula is C14H13BrN2O2. The minimum absolute atomic E-state index is 0.124. The van der Waals surface area contributed by atoms with E-state index in [4.69, 9.17) is 4.74 Å². The van der Waals surface area contributed by atoms with Crippen molar-refractivity contribution >= 4 is 27.7 Å². The van der Waals surface area contributed by atoms with E-state index in [1.807, 2.05) is 30.3 Å². The monoisotopic (exact) mass is 320 g/mol. The normalized spacial score (nSPS) is 9.95. The lowest BCUT2D eigenvalue weighted by Crippen LogP contribution is -2.15. The fourth-order valence-electron chi connectivity index (χ4n) is 1.46. The van der Waals surface area contributed by atoms with Gasteiger partial charge in [0.2, 0.25) is 5.91 Å². The molecule has 98 valence electrons. The number of pyridine rings is 1. The molecule has 0 atom stereocenters. The molecule has 0 spiro atoms. The Bertz CT molecular complexity index is 546. The van der Waals surface area contributed by atoms with Gasteiger partial charge in [0, 0.05) is 10.7 Å². The van der Waals surface area contributed by atoms with E-state index in [0.717, 1.165) is 10.2 Å². The van der Waals surface area contributed by atoms with E-state index in [1.54, 1.807) is 18.3 Å². The average molecular weight is 321 g/mol. The van der Waals surface area contributed by atoms with E-state index < -0.39 is 0 Å². The maximum absolute atomic E-state index is 11.7. The molecule has 0 radical (unpaired) electrons. The van der Waals surface area contributed by atoms with Gasteiger partial charge in [0.1, 0.15) is 11.6 Å². The van der Waals surface area contributed by atoms with Gasteiger partial charge in [-0.2, -0.15) is 0 Å². The van der Waals surface area contributed by atoms with Crippen molar-refractivity contribution in [2.75, 3.05) is 11.9 Å². The number of aromatic nitrogens is 1. The molecule has 0 aliphatic rings. The first-order valence-corrected chi connectivity index (χ1v) is 6.62. The molecule has 1 N–H and O–H groups in total. The van der Waals surface area contributed by atoms with Crippen LogP contribution in [-0.4, -0.2) is 17.5 Å². The van der Waals surface area contributed by atoms with Gasteiger partial charge in [-0.05, 0) is 24.3 Å². The Labute approximate surface area is 119 Å². The lowest BCUT2D eigenvalue weighted by Gasteiger charge is -2.06. The van der Waals surface area contributed by atoms with Crippen LogP contribution in [0.25, 0.3) is 0 Å². The van der Waals surface area contributed by atoms with Crippen LogP contribution in [0.5, 0.6) is 5.75 Å². The summed E-state index contributed by atoms with van der Waals surface area (Å²) in [4.78, 5) is 15.7. The van der Waals surface area contributed by atoms with Crippen LogP contribution < -0.4 is 10.1 Å². The summed E-state index contributed by atoms with van der Waals surface area (Å²) in [5.41, 5.74) is 0. The molecule has 1 aromatic heterocycles. The van der Waals surface area contributed by atoms with Crippen LogP contribution >= 0.6 is 15.9 Å². The first kappa shape index (κ1) is 13.5. The molecule has 1 heterocycles. The number of hydrogen-bond donors (Lipinski definition) is 1. The zero-order valence-corrected chi connectivity index (χ0v) is 11.8. The molecule has 1 aromatic carbocycles. The predicted molar refractivity (Wildman–Crippen MR) is 77.1 cm³/mol. The maximum atomic E-state index is 11.7. The fraction of sp³-hybridized carbons (Fsp3) is 0.143.